The number of amides is 1. The molecule has 1 amide bonds. The zero-order chi connectivity index (χ0) is 13.3. The van der Waals surface area contributed by atoms with E-state index in [1.54, 1.807) is 6.92 Å². The van der Waals surface area contributed by atoms with Crippen LogP contribution in [0.5, 0.6) is 0 Å². The number of rotatable bonds is 8. The van der Waals surface area contributed by atoms with E-state index in [1.165, 1.54) is 11.8 Å². The van der Waals surface area contributed by atoms with E-state index < -0.39 is 18.1 Å². The molecule has 5 nitrogen and oxygen atoms in total. The number of carboxylic acids is 1. The summed E-state index contributed by atoms with van der Waals surface area (Å²) in [7, 11) is 0. The van der Waals surface area contributed by atoms with Crippen LogP contribution in [0.2, 0.25) is 0 Å². The molecule has 0 aliphatic carbocycles. The fourth-order valence-corrected chi connectivity index (χ4v) is 1.49. The van der Waals surface area contributed by atoms with E-state index in [9.17, 15) is 9.59 Å². The lowest BCUT2D eigenvalue weighted by atomic mass is 10.2. The fraction of sp³-hybridized carbons (Fsp3) is 0.833. The van der Waals surface area contributed by atoms with Crippen molar-refractivity contribution in [3.63, 3.8) is 0 Å². The summed E-state index contributed by atoms with van der Waals surface area (Å²) in [6.45, 7) is 6.00. The van der Waals surface area contributed by atoms with Gasteiger partial charge in [-0.2, -0.15) is 0 Å². The van der Waals surface area contributed by atoms with Crippen molar-refractivity contribution in [2.24, 2.45) is 0 Å². The smallest absolute Gasteiger partial charge is 0.410 e. The molecule has 0 aromatic rings. The maximum Gasteiger partial charge on any atom is 0.410 e. The highest BCUT2D eigenvalue weighted by Crippen LogP contribution is 2.07. The van der Waals surface area contributed by atoms with Gasteiger partial charge in [0, 0.05) is 6.54 Å². The Labute approximate surface area is 103 Å². The standard InChI is InChI=1S/C12H23NO4/c1-4-6-7-8-9-13(10(3)11(14)15)12(16)17-5-2/h10H,4-9H2,1-3H3,(H,14,15). The van der Waals surface area contributed by atoms with Gasteiger partial charge in [0.25, 0.3) is 0 Å². The molecule has 0 aromatic heterocycles. The van der Waals surface area contributed by atoms with Crippen molar-refractivity contribution in [1.82, 2.24) is 4.90 Å². The highest BCUT2D eigenvalue weighted by Gasteiger charge is 2.25. The van der Waals surface area contributed by atoms with E-state index in [-0.39, 0.29) is 6.61 Å². The lowest BCUT2D eigenvalue weighted by molar-refractivity contribution is -0.142. The highest BCUT2D eigenvalue weighted by molar-refractivity contribution is 5.79. The first-order chi connectivity index (χ1) is 8.04. The molecule has 5 heteroatoms. The van der Waals surface area contributed by atoms with E-state index in [1.807, 2.05) is 0 Å². The summed E-state index contributed by atoms with van der Waals surface area (Å²) in [5, 5.41) is 8.92. The number of hydrogen-bond acceptors (Lipinski definition) is 3. The average Bonchev–Trinajstić information content (AvgIpc) is 2.28. The predicted octanol–water partition coefficient (Wildman–Crippen LogP) is 2.50. The lowest BCUT2D eigenvalue weighted by Gasteiger charge is -2.25. The van der Waals surface area contributed by atoms with Crippen molar-refractivity contribution >= 4 is 12.1 Å². The largest absolute Gasteiger partial charge is 0.480 e. The Morgan fingerprint density at radius 1 is 1.24 bits per heavy atom. The lowest BCUT2D eigenvalue weighted by Crippen LogP contribution is -2.44. The van der Waals surface area contributed by atoms with Crippen LogP contribution in [0.4, 0.5) is 4.79 Å². The monoisotopic (exact) mass is 245 g/mol. The van der Waals surface area contributed by atoms with Gasteiger partial charge in [0.2, 0.25) is 0 Å². The average molecular weight is 245 g/mol. The molecule has 0 heterocycles. The molecule has 1 N–H and O–H groups in total. The summed E-state index contributed by atoms with van der Waals surface area (Å²) in [6.07, 6.45) is 3.47. The Kier molecular flexibility index (Phi) is 8.19. The van der Waals surface area contributed by atoms with Crippen LogP contribution < -0.4 is 0 Å². The molecular formula is C12H23NO4. The van der Waals surface area contributed by atoms with E-state index in [0.717, 1.165) is 25.7 Å². The summed E-state index contributed by atoms with van der Waals surface area (Å²) in [6, 6.07) is -0.837. The Bertz CT molecular complexity index is 243. The second kappa shape index (κ2) is 8.84. The second-order valence-electron chi connectivity index (χ2n) is 3.97. The number of carbonyl (C=O) groups is 2. The van der Waals surface area contributed by atoms with Crippen molar-refractivity contribution in [2.75, 3.05) is 13.2 Å². The van der Waals surface area contributed by atoms with Gasteiger partial charge < -0.3 is 9.84 Å². The Morgan fingerprint density at radius 3 is 2.35 bits per heavy atom. The van der Waals surface area contributed by atoms with E-state index in [0.29, 0.717) is 6.54 Å². The molecule has 17 heavy (non-hydrogen) atoms. The molecular weight excluding hydrogens is 222 g/mol. The quantitative estimate of drug-likeness (QED) is 0.667. The fourth-order valence-electron chi connectivity index (χ4n) is 1.49. The minimum absolute atomic E-state index is 0.261. The molecule has 100 valence electrons. The van der Waals surface area contributed by atoms with Crippen molar-refractivity contribution in [1.29, 1.82) is 0 Å². The summed E-state index contributed by atoms with van der Waals surface area (Å²) in [4.78, 5) is 23.8. The summed E-state index contributed by atoms with van der Waals surface area (Å²) >= 11 is 0. The molecule has 0 bridgehead atoms. The van der Waals surface area contributed by atoms with Gasteiger partial charge in [-0.1, -0.05) is 26.2 Å². The molecule has 0 spiro atoms. The third-order valence-electron chi connectivity index (χ3n) is 2.58. The van der Waals surface area contributed by atoms with Gasteiger partial charge in [0.05, 0.1) is 6.61 Å². The third-order valence-corrected chi connectivity index (χ3v) is 2.58. The minimum atomic E-state index is -1.01. The number of nitrogens with zero attached hydrogens (tertiary/aromatic N) is 1. The van der Waals surface area contributed by atoms with Crippen LogP contribution in [0.3, 0.4) is 0 Å². The number of aliphatic carboxylic acids is 1. The van der Waals surface area contributed by atoms with Gasteiger partial charge in [-0.15, -0.1) is 0 Å². The number of unbranched alkanes of at least 4 members (excludes halogenated alkanes) is 3. The first kappa shape index (κ1) is 15.7. The van der Waals surface area contributed by atoms with Gasteiger partial charge >= 0.3 is 12.1 Å². The third kappa shape index (κ3) is 6.14. The molecule has 0 aliphatic rings. The molecule has 0 saturated heterocycles. The van der Waals surface area contributed by atoms with Crippen LogP contribution in [-0.2, 0) is 9.53 Å². The first-order valence-corrected chi connectivity index (χ1v) is 6.20. The van der Waals surface area contributed by atoms with Crippen LogP contribution in [-0.4, -0.2) is 41.3 Å². The molecule has 0 rings (SSSR count). The number of carbonyl (C=O) groups excluding carboxylic acids is 1. The van der Waals surface area contributed by atoms with Crippen LogP contribution >= 0.6 is 0 Å². The molecule has 0 saturated carbocycles. The summed E-state index contributed by atoms with van der Waals surface area (Å²) in [5.74, 6) is -1.01. The van der Waals surface area contributed by atoms with Gasteiger partial charge in [0.1, 0.15) is 6.04 Å². The summed E-state index contributed by atoms with van der Waals surface area (Å²) in [5.41, 5.74) is 0. The number of hydrogen-bond donors (Lipinski definition) is 1. The van der Waals surface area contributed by atoms with Crippen LogP contribution in [0.15, 0.2) is 0 Å². The topological polar surface area (TPSA) is 66.8 Å². The minimum Gasteiger partial charge on any atom is -0.480 e. The normalized spacial score (nSPS) is 11.9. The molecule has 0 aliphatic heterocycles. The molecule has 0 fully saturated rings. The first-order valence-electron chi connectivity index (χ1n) is 6.20. The van der Waals surface area contributed by atoms with E-state index in [4.69, 9.17) is 9.84 Å². The molecule has 1 atom stereocenters. The van der Waals surface area contributed by atoms with Gasteiger partial charge in [-0.05, 0) is 20.3 Å². The van der Waals surface area contributed by atoms with Gasteiger partial charge in [-0.3, -0.25) is 4.90 Å². The van der Waals surface area contributed by atoms with Gasteiger partial charge in [0.15, 0.2) is 0 Å². The van der Waals surface area contributed by atoms with Gasteiger partial charge in [-0.25, -0.2) is 9.59 Å². The number of carboxylic acid groups (broad SMARTS) is 1. The molecule has 0 aromatic carbocycles. The summed E-state index contributed by atoms with van der Waals surface area (Å²) < 4.78 is 4.86. The van der Waals surface area contributed by atoms with Crippen molar-refractivity contribution in [3.05, 3.63) is 0 Å². The SMILES string of the molecule is CCCCCCN(C(=O)OCC)C(C)C(=O)O. The molecule has 1 unspecified atom stereocenters. The van der Waals surface area contributed by atoms with Crippen LogP contribution in [0, 0.1) is 0 Å². The molecule has 0 radical (unpaired) electrons. The zero-order valence-electron chi connectivity index (χ0n) is 10.9. The van der Waals surface area contributed by atoms with Crippen LogP contribution in [0.1, 0.15) is 46.5 Å². The Balaban J connectivity index is 4.30. The second-order valence-corrected chi connectivity index (χ2v) is 3.97. The van der Waals surface area contributed by atoms with Crippen molar-refractivity contribution < 1.29 is 19.4 Å². The Morgan fingerprint density at radius 2 is 1.88 bits per heavy atom. The number of ether oxygens (including phenoxy) is 1. The van der Waals surface area contributed by atoms with E-state index >= 15 is 0 Å². The zero-order valence-corrected chi connectivity index (χ0v) is 10.9. The predicted molar refractivity (Wildman–Crippen MR) is 65.0 cm³/mol. The maximum atomic E-state index is 11.6. The van der Waals surface area contributed by atoms with Crippen LogP contribution in [0.25, 0.3) is 0 Å². The highest BCUT2D eigenvalue weighted by atomic mass is 16.6. The van der Waals surface area contributed by atoms with E-state index in [2.05, 4.69) is 6.92 Å². The maximum absolute atomic E-state index is 11.6. The Hall–Kier alpha value is -1.26. The van der Waals surface area contributed by atoms with Crippen molar-refractivity contribution in [2.45, 2.75) is 52.5 Å². The van der Waals surface area contributed by atoms with Crippen molar-refractivity contribution in [3.8, 4) is 0 Å².